The molecular formula is C29H24Cl2N2O4S2. The van der Waals surface area contributed by atoms with Crippen LogP contribution in [0.2, 0.25) is 10.0 Å². The largest absolute Gasteiger partial charge is 0.459 e. The summed E-state index contributed by atoms with van der Waals surface area (Å²) in [5.41, 5.74) is 2.03. The van der Waals surface area contributed by atoms with Crippen molar-refractivity contribution in [2.45, 2.75) is 37.8 Å². The molecule has 0 saturated heterocycles. The van der Waals surface area contributed by atoms with Gasteiger partial charge in [-0.05, 0) is 69.0 Å². The number of thiazole rings is 1. The average molecular weight is 600 g/mol. The van der Waals surface area contributed by atoms with E-state index in [1.54, 1.807) is 67.4 Å². The van der Waals surface area contributed by atoms with Gasteiger partial charge < -0.3 is 9.15 Å². The Labute approximate surface area is 243 Å². The molecule has 39 heavy (non-hydrogen) atoms. The van der Waals surface area contributed by atoms with Crippen molar-refractivity contribution in [2.24, 2.45) is 4.99 Å². The van der Waals surface area contributed by atoms with Gasteiger partial charge in [0.2, 0.25) is 0 Å². The van der Waals surface area contributed by atoms with Gasteiger partial charge in [0.1, 0.15) is 11.5 Å². The smallest absolute Gasteiger partial charge is 0.338 e. The van der Waals surface area contributed by atoms with E-state index in [1.807, 2.05) is 36.6 Å². The predicted octanol–water partition coefficient (Wildman–Crippen LogP) is 6.48. The normalized spacial score (nSPS) is 15.5. The number of ether oxygens (including phenoxy) is 1. The molecule has 0 fully saturated rings. The van der Waals surface area contributed by atoms with E-state index < -0.39 is 12.0 Å². The quantitative estimate of drug-likeness (QED) is 0.188. The molecule has 0 aliphatic carbocycles. The zero-order valence-corrected chi connectivity index (χ0v) is 24.7. The summed E-state index contributed by atoms with van der Waals surface area (Å²) in [6.45, 7) is 5.35. The molecule has 2 aromatic carbocycles. The van der Waals surface area contributed by atoms with E-state index >= 15 is 0 Å². The lowest BCUT2D eigenvalue weighted by molar-refractivity contribution is -0.143. The molecular weight excluding hydrogens is 575 g/mol. The molecule has 2 aromatic heterocycles. The molecule has 0 unspecified atom stereocenters. The maximum atomic E-state index is 13.8. The monoisotopic (exact) mass is 598 g/mol. The minimum absolute atomic E-state index is 0.279. The van der Waals surface area contributed by atoms with Crippen molar-refractivity contribution in [1.82, 2.24) is 4.57 Å². The second kappa shape index (κ2) is 11.2. The second-order valence-electron chi connectivity index (χ2n) is 9.11. The zero-order valence-electron chi connectivity index (χ0n) is 21.5. The summed E-state index contributed by atoms with van der Waals surface area (Å²) < 4.78 is 13.5. The van der Waals surface area contributed by atoms with Crippen molar-refractivity contribution < 1.29 is 13.9 Å². The lowest BCUT2D eigenvalue weighted by atomic mass is 9.96. The van der Waals surface area contributed by atoms with Crippen LogP contribution >= 0.6 is 46.3 Å². The molecule has 1 aliphatic heterocycles. The number of carbonyl (C=O) groups is 1. The summed E-state index contributed by atoms with van der Waals surface area (Å²) in [6.07, 6.45) is 3.35. The van der Waals surface area contributed by atoms with Gasteiger partial charge in [0.05, 0.1) is 38.0 Å². The van der Waals surface area contributed by atoms with Gasteiger partial charge in [0, 0.05) is 16.5 Å². The van der Waals surface area contributed by atoms with E-state index in [2.05, 4.69) is 4.99 Å². The molecule has 0 N–H and O–H groups in total. The highest BCUT2D eigenvalue weighted by atomic mass is 35.5. The summed E-state index contributed by atoms with van der Waals surface area (Å²) >= 11 is 15.4. The molecule has 200 valence electrons. The number of thioether (sulfide) groups is 1. The highest BCUT2D eigenvalue weighted by Gasteiger charge is 2.33. The van der Waals surface area contributed by atoms with Crippen LogP contribution in [-0.4, -0.2) is 22.9 Å². The molecule has 0 bridgehead atoms. The first-order chi connectivity index (χ1) is 18.7. The van der Waals surface area contributed by atoms with Crippen LogP contribution in [-0.2, 0) is 9.53 Å². The third-order valence-electron chi connectivity index (χ3n) is 6.13. The fourth-order valence-corrected chi connectivity index (χ4v) is 6.19. The van der Waals surface area contributed by atoms with Crippen LogP contribution in [0.25, 0.3) is 17.4 Å². The number of halogens is 2. The van der Waals surface area contributed by atoms with Crippen LogP contribution in [0.3, 0.4) is 0 Å². The predicted molar refractivity (Wildman–Crippen MR) is 157 cm³/mol. The summed E-state index contributed by atoms with van der Waals surface area (Å²) in [5, 5.41) is 0.816. The van der Waals surface area contributed by atoms with Crippen molar-refractivity contribution in [3.8, 4) is 11.3 Å². The Hall–Kier alpha value is -3.04. The number of carbonyl (C=O) groups excluding carboxylic acids is 1. The van der Waals surface area contributed by atoms with E-state index in [4.69, 9.17) is 32.4 Å². The zero-order chi connectivity index (χ0) is 27.8. The number of esters is 1. The van der Waals surface area contributed by atoms with Gasteiger partial charge in [-0.2, -0.15) is 0 Å². The van der Waals surface area contributed by atoms with Crippen molar-refractivity contribution in [2.75, 3.05) is 6.26 Å². The van der Waals surface area contributed by atoms with Crippen LogP contribution in [0, 0.1) is 0 Å². The molecule has 1 atom stereocenters. The summed E-state index contributed by atoms with van der Waals surface area (Å²) in [4.78, 5) is 33.3. The molecule has 4 aromatic rings. The molecule has 10 heteroatoms. The number of benzene rings is 2. The van der Waals surface area contributed by atoms with Gasteiger partial charge in [-0.15, -0.1) is 11.8 Å². The van der Waals surface area contributed by atoms with Gasteiger partial charge in [0.25, 0.3) is 5.56 Å². The Morgan fingerprint density at radius 2 is 1.90 bits per heavy atom. The number of nitrogens with zero attached hydrogens (tertiary/aromatic N) is 2. The first-order valence-corrected chi connectivity index (χ1v) is 14.9. The molecule has 0 amide bonds. The van der Waals surface area contributed by atoms with Gasteiger partial charge in [0.15, 0.2) is 4.80 Å². The first kappa shape index (κ1) is 27.5. The lowest BCUT2D eigenvalue weighted by Gasteiger charge is -2.25. The van der Waals surface area contributed by atoms with Crippen molar-refractivity contribution in [3.63, 3.8) is 0 Å². The van der Waals surface area contributed by atoms with Crippen LogP contribution in [0.1, 0.15) is 38.1 Å². The molecule has 6 nitrogen and oxygen atoms in total. The molecule has 5 rings (SSSR count). The third kappa shape index (κ3) is 5.39. The first-order valence-electron chi connectivity index (χ1n) is 12.1. The Morgan fingerprint density at radius 3 is 2.59 bits per heavy atom. The Morgan fingerprint density at radius 1 is 1.15 bits per heavy atom. The summed E-state index contributed by atoms with van der Waals surface area (Å²) in [6, 6.07) is 16.0. The fraction of sp³-hybridized carbons (Fsp3) is 0.207. The van der Waals surface area contributed by atoms with Crippen molar-refractivity contribution >= 4 is 58.3 Å². The minimum Gasteiger partial charge on any atom is -0.459 e. The molecule has 1 aliphatic rings. The van der Waals surface area contributed by atoms with Gasteiger partial charge in [-0.25, -0.2) is 9.79 Å². The van der Waals surface area contributed by atoms with Crippen LogP contribution in [0.5, 0.6) is 0 Å². The topological polar surface area (TPSA) is 73.8 Å². The maximum Gasteiger partial charge on any atom is 0.338 e. The molecule has 0 saturated carbocycles. The highest BCUT2D eigenvalue weighted by Crippen LogP contribution is 2.35. The van der Waals surface area contributed by atoms with Gasteiger partial charge in [-0.3, -0.25) is 9.36 Å². The summed E-state index contributed by atoms with van der Waals surface area (Å²) in [5.74, 6) is 0.513. The van der Waals surface area contributed by atoms with E-state index in [9.17, 15) is 9.59 Å². The molecule has 0 radical (unpaired) electrons. The van der Waals surface area contributed by atoms with E-state index in [1.165, 1.54) is 11.3 Å². The second-order valence-corrected chi connectivity index (χ2v) is 11.8. The lowest BCUT2D eigenvalue weighted by Crippen LogP contribution is -2.40. The molecule has 3 heterocycles. The third-order valence-corrected chi connectivity index (χ3v) is 8.68. The van der Waals surface area contributed by atoms with E-state index in [0.29, 0.717) is 47.7 Å². The Bertz CT molecular complexity index is 1780. The van der Waals surface area contributed by atoms with Crippen molar-refractivity contribution in [1.29, 1.82) is 0 Å². The number of aromatic nitrogens is 1. The Kier molecular flexibility index (Phi) is 7.91. The van der Waals surface area contributed by atoms with Gasteiger partial charge in [-0.1, -0.05) is 52.7 Å². The Balaban J connectivity index is 1.63. The SMILES string of the molecule is CSc1ccc([C@H]2C(C(=O)OC(C)C)=C(C)N=c3s/c(=C\c4ccc(-c5cccc(Cl)c5Cl)o4)c(=O)n32)cc1. The minimum atomic E-state index is -0.678. The van der Waals surface area contributed by atoms with Crippen LogP contribution in [0.15, 0.2) is 85.0 Å². The number of rotatable bonds is 6. The van der Waals surface area contributed by atoms with E-state index in [0.717, 1.165) is 10.5 Å². The van der Waals surface area contributed by atoms with Gasteiger partial charge >= 0.3 is 5.97 Å². The van der Waals surface area contributed by atoms with E-state index in [-0.39, 0.29) is 11.7 Å². The number of hydrogen-bond acceptors (Lipinski definition) is 7. The molecule has 0 spiro atoms. The highest BCUT2D eigenvalue weighted by molar-refractivity contribution is 7.98. The fourth-order valence-electron chi connectivity index (χ4n) is 4.36. The maximum absolute atomic E-state index is 13.8. The average Bonchev–Trinajstić information content (AvgIpc) is 3.48. The van der Waals surface area contributed by atoms with Crippen molar-refractivity contribution in [3.05, 3.63) is 107 Å². The standard InChI is InChI=1S/C29H24Cl2N2O4S2/c1-15(2)36-28(35)24-16(3)32-29-33(26(24)17-8-11-19(38-4)12-9-17)27(34)23(39-29)14-18-10-13-22(37-18)20-6-5-7-21(30)25(20)31/h5-15,26H,1-4H3/b23-14-/t26-/m0/s1. The number of furan rings is 1. The number of allylic oxidation sites excluding steroid dienone is 1. The van der Waals surface area contributed by atoms with Crippen LogP contribution < -0.4 is 14.9 Å². The van der Waals surface area contributed by atoms with Crippen LogP contribution in [0.4, 0.5) is 0 Å². The number of fused-ring (bicyclic) bond motifs is 1. The summed E-state index contributed by atoms with van der Waals surface area (Å²) in [7, 11) is 0. The number of hydrogen-bond donors (Lipinski definition) is 0.